The van der Waals surface area contributed by atoms with Crippen molar-refractivity contribution < 1.29 is 24.6 Å². The molecule has 1 saturated carbocycles. The molecule has 0 spiro atoms. The maximum Gasteiger partial charge on any atom is 0.335 e. The van der Waals surface area contributed by atoms with Crippen LogP contribution in [0.3, 0.4) is 0 Å². The third kappa shape index (κ3) is 3.99. The molecule has 0 saturated heterocycles. The third-order valence-corrected chi connectivity index (χ3v) is 7.24. The van der Waals surface area contributed by atoms with Crippen molar-refractivity contribution in [3.05, 3.63) is 119 Å². The Morgan fingerprint density at radius 3 is 1.69 bits per heavy atom. The van der Waals surface area contributed by atoms with Crippen LogP contribution in [0.25, 0.3) is 10.8 Å². The molecule has 0 bridgehead atoms. The minimum absolute atomic E-state index is 0.00512. The van der Waals surface area contributed by atoms with E-state index < -0.39 is 11.9 Å². The summed E-state index contributed by atoms with van der Waals surface area (Å²) in [5.41, 5.74) is 3.55. The Morgan fingerprint density at radius 1 is 0.571 bits per heavy atom. The van der Waals surface area contributed by atoms with Crippen molar-refractivity contribution in [3.63, 3.8) is 0 Å². The van der Waals surface area contributed by atoms with Crippen LogP contribution in [-0.4, -0.2) is 27.9 Å². The van der Waals surface area contributed by atoms with Crippen molar-refractivity contribution in [2.45, 2.75) is 24.7 Å². The van der Waals surface area contributed by atoms with Gasteiger partial charge in [0.2, 0.25) is 0 Å². The number of Topliss-reactive ketones (excluding diaryl/α,β-unsaturated/α-hetero) is 1. The Bertz CT molecular complexity index is 1440. The molecule has 0 amide bonds. The fraction of sp³-hybridized carbons (Fsp3) is 0.167. The number of aromatic carboxylic acids is 2. The van der Waals surface area contributed by atoms with E-state index in [1.165, 1.54) is 0 Å². The molecule has 2 N–H and O–H groups in total. The van der Waals surface area contributed by atoms with Crippen molar-refractivity contribution in [2.24, 2.45) is 5.92 Å². The van der Waals surface area contributed by atoms with Gasteiger partial charge in [0.15, 0.2) is 0 Å². The quantitative estimate of drug-likeness (QED) is 0.359. The summed E-state index contributed by atoms with van der Waals surface area (Å²) >= 11 is 0. The molecular weight excluding hydrogens is 440 g/mol. The summed E-state index contributed by atoms with van der Waals surface area (Å²) in [5.74, 6) is -2.19. The van der Waals surface area contributed by atoms with Gasteiger partial charge in [-0.15, -0.1) is 0 Å². The number of hydrogen-bond acceptors (Lipinski definition) is 3. The zero-order valence-electron chi connectivity index (χ0n) is 19.1. The second-order valence-electron chi connectivity index (χ2n) is 9.18. The lowest BCUT2D eigenvalue weighted by Gasteiger charge is -2.52. The topological polar surface area (TPSA) is 91.7 Å². The largest absolute Gasteiger partial charge is 0.478 e. The van der Waals surface area contributed by atoms with Crippen LogP contribution in [0, 0.1) is 5.92 Å². The van der Waals surface area contributed by atoms with Crippen molar-refractivity contribution in [3.8, 4) is 0 Å². The van der Waals surface area contributed by atoms with Crippen molar-refractivity contribution >= 4 is 28.5 Å². The lowest BCUT2D eigenvalue weighted by atomic mass is 9.50. The zero-order chi connectivity index (χ0) is 24.7. The molecule has 1 fully saturated rings. The molecular formula is C30H24O5. The van der Waals surface area contributed by atoms with E-state index in [0.717, 1.165) is 27.5 Å². The van der Waals surface area contributed by atoms with E-state index in [1.807, 2.05) is 48.5 Å². The highest BCUT2D eigenvalue weighted by Gasteiger charge is 2.54. The molecule has 5 heteroatoms. The van der Waals surface area contributed by atoms with E-state index in [1.54, 1.807) is 31.2 Å². The van der Waals surface area contributed by atoms with Gasteiger partial charge in [0.05, 0.1) is 11.1 Å². The molecule has 4 aromatic carbocycles. The van der Waals surface area contributed by atoms with E-state index in [2.05, 4.69) is 18.2 Å². The average Bonchev–Trinajstić information content (AvgIpc) is 2.83. The van der Waals surface area contributed by atoms with Crippen LogP contribution in [0.4, 0.5) is 0 Å². The normalized spacial score (nSPS) is 21.3. The smallest absolute Gasteiger partial charge is 0.335 e. The minimum Gasteiger partial charge on any atom is -0.478 e. The zero-order valence-corrected chi connectivity index (χ0v) is 19.1. The molecule has 0 radical (unpaired) electrons. The summed E-state index contributed by atoms with van der Waals surface area (Å²) < 4.78 is 0. The summed E-state index contributed by atoms with van der Waals surface area (Å²) in [7, 11) is 0. The number of ketones is 1. The number of carbonyl (C=O) groups is 3. The van der Waals surface area contributed by atoms with Crippen molar-refractivity contribution in [1.29, 1.82) is 0 Å². The fourth-order valence-corrected chi connectivity index (χ4v) is 5.63. The van der Waals surface area contributed by atoms with E-state index >= 15 is 0 Å². The van der Waals surface area contributed by atoms with Crippen molar-refractivity contribution in [1.82, 2.24) is 0 Å². The molecule has 0 aromatic heterocycles. The molecule has 0 heterocycles. The predicted octanol–water partition coefficient (Wildman–Crippen LogP) is 6.11. The van der Waals surface area contributed by atoms with Gasteiger partial charge in [0, 0.05) is 17.8 Å². The Kier molecular flexibility index (Phi) is 5.69. The summed E-state index contributed by atoms with van der Waals surface area (Å²) in [6.45, 7) is 1.63. The maximum absolute atomic E-state index is 12.9. The molecule has 1 unspecified atom stereocenters. The first-order valence-corrected chi connectivity index (χ1v) is 11.5. The summed E-state index contributed by atoms with van der Waals surface area (Å²) in [5, 5.41) is 20.4. The van der Waals surface area contributed by atoms with Crippen LogP contribution >= 0.6 is 0 Å². The summed E-state index contributed by atoms with van der Waals surface area (Å²) in [6.07, 6.45) is 0. The number of carbonyl (C=O) groups excluding carboxylic acids is 1. The Balaban J connectivity index is 1.63. The first-order chi connectivity index (χ1) is 16.8. The number of fused-ring (bicyclic) bond motifs is 1. The van der Waals surface area contributed by atoms with Crippen LogP contribution in [0.1, 0.15) is 62.1 Å². The summed E-state index contributed by atoms with van der Waals surface area (Å²) in [4.78, 5) is 35.6. The van der Waals surface area contributed by atoms with Gasteiger partial charge in [-0.3, -0.25) is 4.79 Å². The number of carboxylic acid groups (broad SMARTS) is 2. The Morgan fingerprint density at radius 2 is 1.09 bits per heavy atom. The van der Waals surface area contributed by atoms with Crippen LogP contribution in [0.15, 0.2) is 91.0 Å². The SMILES string of the molecule is CC(=O)[C@@H]1C(c2ccccc2)[C@@H](c2ccc3cc(C(=O)O)ccc3c2)[C@H]1c1ccc(C(=O)O)cc1. The van der Waals surface area contributed by atoms with Gasteiger partial charge in [-0.25, -0.2) is 9.59 Å². The van der Waals surface area contributed by atoms with E-state index in [9.17, 15) is 24.6 Å². The van der Waals surface area contributed by atoms with Crippen LogP contribution in [-0.2, 0) is 4.79 Å². The molecule has 1 aliphatic rings. The first kappa shape index (κ1) is 22.5. The monoisotopic (exact) mass is 464 g/mol. The number of benzene rings is 4. The molecule has 5 nitrogen and oxygen atoms in total. The highest BCUT2D eigenvalue weighted by molar-refractivity contribution is 5.94. The van der Waals surface area contributed by atoms with Gasteiger partial charge in [-0.2, -0.15) is 0 Å². The van der Waals surface area contributed by atoms with Crippen molar-refractivity contribution in [2.75, 3.05) is 0 Å². The Hall–Kier alpha value is -4.25. The summed E-state index contributed by atoms with van der Waals surface area (Å²) in [6, 6.07) is 28.0. The van der Waals surface area contributed by atoms with Gasteiger partial charge < -0.3 is 10.2 Å². The van der Waals surface area contributed by atoms with Gasteiger partial charge >= 0.3 is 11.9 Å². The van der Waals surface area contributed by atoms with Gasteiger partial charge in [0.25, 0.3) is 0 Å². The minimum atomic E-state index is -0.984. The molecule has 0 aliphatic heterocycles. The predicted molar refractivity (Wildman–Crippen MR) is 133 cm³/mol. The van der Waals surface area contributed by atoms with Crippen LogP contribution < -0.4 is 0 Å². The third-order valence-electron chi connectivity index (χ3n) is 7.24. The van der Waals surface area contributed by atoms with Crippen LogP contribution in [0.2, 0.25) is 0 Å². The Labute approximate surface area is 202 Å². The molecule has 1 aliphatic carbocycles. The molecule has 5 rings (SSSR count). The van der Waals surface area contributed by atoms with Gasteiger partial charge in [-0.05, 0) is 64.6 Å². The number of rotatable bonds is 6. The lowest BCUT2D eigenvalue weighted by molar-refractivity contribution is -0.126. The fourth-order valence-electron chi connectivity index (χ4n) is 5.63. The molecule has 35 heavy (non-hydrogen) atoms. The number of hydrogen-bond donors (Lipinski definition) is 2. The number of carboxylic acids is 2. The molecule has 4 aromatic rings. The van der Waals surface area contributed by atoms with Gasteiger partial charge in [0.1, 0.15) is 5.78 Å². The standard InChI is InChI=1S/C30H24O5/c1-17(31)25-26(18-5-3-2-4-6-18)28(27(25)19-7-9-20(10-8-19)29(32)33)23-13-11-22-16-24(30(34)35)14-12-21(22)15-23/h2-16,25-28H,1H3,(H,32,33)(H,34,35)/t25-,26?,27+,28-/m1/s1. The maximum atomic E-state index is 12.9. The first-order valence-electron chi connectivity index (χ1n) is 11.5. The molecule has 174 valence electrons. The van der Waals surface area contributed by atoms with Crippen LogP contribution in [0.5, 0.6) is 0 Å². The highest BCUT2D eigenvalue weighted by atomic mass is 16.4. The lowest BCUT2D eigenvalue weighted by Crippen LogP contribution is -2.45. The van der Waals surface area contributed by atoms with Gasteiger partial charge in [-0.1, -0.05) is 66.7 Å². The average molecular weight is 465 g/mol. The van der Waals surface area contributed by atoms with E-state index in [0.29, 0.717) is 0 Å². The van der Waals surface area contributed by atoms with E-state index in [-0.39, 0.29) is 40.6 Å². The highest BCUT2D eigenvalue weighted by Crippen LogP contribution is 2.62. The second-order valence-corrected chi connectivity index (χ2v) is 9.18. The van der Waals surface area contributed by atoms with E-state index in [4.69, 9.17) is 0 Å². The molecule has 4 atom stereocenters. The second kappa shape index (κ2) is 8.84.